The number of hydrogen-bond acceptors (Lipinski definition) is 5. The minimum atomic E-state index is -1.09. The Bertz CT molecular complexity index is 1100. The normalized spacial score (nSPS) is 19.8. The molecule has 5 rings (SSSR count). The molecule has 2 heterocycles. The van der Waals surface area contributed by atoms with E-state index >= 15 is 0 Å². The van der Waals surface area contributed by atoms with Gasteiger partial charge in [-0.1, -0.05) is 58.4 Å². The largest absolute Gasteiger partial charge is 0.504 e. The molecule has 5 nitrogen and oxygen atoms in total. The monoisotopic (exact) mass is 438 g/mol. The van der Waals surface area contributed by atoms with Gasteiger partial charge >= 0.3 is 0 Å². The number of carbonyl (C=O) groups is 1. The van der Waals surface area contributed by atoms with Crippen LogP contribution in [-0.4, -0.2) is 24.3 Å². The summed E-state index contributed by atoms with van der Waals surface area (Å²) in [4.78, 5) is 13.9. The number of hydrogen-bond donors (Lipinski definition) is 1. The third kappa shape index (κ3) is 2.34. The highest BCUT2D eigenvalue weighted by Crippen LogP contribution is 2.52. The zero-order valence-corrected chi connectivity index (χ0v) is 16.2. The number of fused-ring (bicyclic) bond motifs is 2. The zero-order valence-electron chi connectivity index (χ0n) is 14.6. The molecule has 0 amide bonds. The van der Waals surface area contributed by atoms with Crippen LogP contribution in [0.3, 0.4) is 0 Å². The number of halogens is 1. The smallest absolute Gasteiger partial charge is 0.231 e. The van der Waals surface area contributed by atoms with E-state index in [0.717, 1.165) is 15.6 Å². The molecule has 1 atom stereocenters. The molecule has 6 heteroatoms. The molecule has 0 radical (unpaired) electrons. The van der Waals surface area contributed by atoms with Gasteiger partial charge in [-0.3, -0.25) is 4.79 Å². The Kier molecular flexibility index (Phi) is 3.84. The van der Waals surface area contributed by atoms with Crippen LogP contribution in [-0.2, 0) is 5.41 Å². The van der Waals surface area contributed by atoms with Gasteiger partial charge < -0.3 is 19.3 Å². The number of phenols is 1. The quantitative estimate of drug-likeness (QED) is 0.640. The van der Waals surface area contributed by atoms with Crippen molar-refractivity contribution < 1.29 is 24.1 Å². The summed E-state index contributed by atoms with van der Waals surface area (Å²) in [7, 11) is 0. The van der Waals surface area contributed by atoms with E-state index in [1.807, 2.05) is 54.6 Å². The second-order valence-electron chi connectivity index (χ2n) is 6.73. The van der Waals surface area contributed by atoms with E-state index in [0.29, 0.717) is 11.5 Å². The van der Waals surface area contributed by atoms with E-state index in [1.54, 1.807) is 6.07 Å². The Morgan fingerprint density at radius 3 is 2.46 bits per heavy atom. The van der Waals surface area contributed by atoms with Gasteiger partial charge in [0.05, 0.1) is 0 Å². The summed E-state index contributed by atoms with van der Waals surface area (Å²) in [5, 5.41) is 10.8. The number of phenolic OH excluding ortho intramolecular Hbond substituents is 1. The number of Topliss-reactive ketones (excluding diaryl/α,β-unsaturated/α-hetero) is 1. The second-order valence-corrected chi connectivity index (χ2v) is 7.65. The first kappa shape index (κ1) is 17.1. The van der Waals surface area contributed by atoms with Crippen LogP contribution in [0, 0.1) is 0 Å². The van der Waals surface area contributed by atoms with Crippen molar-refractivity contribution in [1.82, 2.24) is 0 Å². The van der Waals surface area contributed by atoms with Crippen LogP contribution in [0.5, 0.6) is 23.0 Å². The maximum Gasteiger partial charge on any atom is 0.231 e. The molecule has 140 valence electrons. The summed E-state index contributed by atoms with van der Waals surface area (Å²) < 4.78 is 17.6. The molecule has 2 aliphatic heterocycles. The van der Waals surface area contributed by atoms with E-state index in [9.17, 15) is 9.90 Å². The molecule has 3 aromatic rings. The lowest BCUT2D eigenvalue weighted by Crippen LogP contribution is -2.46. The summed E-state index contributed by atoms with van der Waals surface area (Å²) in [5.41, 5.74) is 0.587. The fourth-order valence-corrected chi connectivity index (χ4v) is 4.27. The maximum absolute atomic E-state index is 13.9. The first-order valence-corrected chi connectivity index (χ1v) is 9.55. The van der Waals surface area contributed by atoms with Crippen LogP contribution >= 0.6 is 15.9 Å². The fourth-order valence-electron chi connectivity index (χ4n) is 3.87. The molecule has 0 saturated heterocycles. The third-order valence-corrected chi connectivity index (χ3v) is 5.74. The van der Waals surface area contributed by atoms with Crippen LogP contribution in [0.4, 0.5) is 0 Å². The van der Waals surface area contributed by atoms with Crippen LogP contribution in [0.15, 0.2) is 65.1 Å². The van der Waals surface area contributed by atoms with Crippen LogP contribution in [0.1, 0.15) is 21.5 Å². The van der Waals surface area contributed by atoms with E-state index in [2.05, 4.69) is 15.9 Å². The molecule has 1 N–H and O–H groups in total. The Hall–Kier alpha value is -2.99. The van der Waals surface area contributed by atoms with E-state index in [1.165, 1.54) is 0 Å². The van der Waals surface area contributed by atoms with Gasteiger partial charge in [0, 0.05) is 10.5 Å². The molecule has 2 aliphatic rings. The lowest BCUT2D eigenvalue weighted by molar-refractivity contribution is 0.0812. The van der Waals surface area contributed by atoms with Gasteiger partial charge in [0.25, 0.3) is 0 Å². The van der Waals surface area contributed by atoms with E-state index in [4.69, 9.17) is 14.2 Å². The number of aromatic hydroxyl groups is 1. The Morgan fingerprint density at radius 1 is 0.893 bits per heavy atom. The molecule has 0 bridgehead atoms. The Labute approximate surface area is 169 Å². The number of benzene rings is 3. The molecule has 0 saturated carbocycles. The molecule has 0 fully saturated rings. The molecule has 3 aromatic carbocycles. The van der Waals surface area contributed by atoms with Crippen LogP contribution < -0.4 is 14.2 Å². The Morgan fingerprint density at radius 2 is 1.68 bits per heavy atom. The van der Waals surface area contributed by atoms with Crippen molar-refractivity contribution in [1.29, 1.82) is 0 Å². The average molecular weight is 439 g/mol. The molecule has 0 aliphatic carbocycles. The van der Waals surface area contributed by atoms with Gasteiger partial charge in [0.2, 0.25) is 12.5 Å². The molecular formula is C22H15BrO5. The topological polar surface area (TPSA) is 65.0 Å². The summed E-state index contributed by atoms with van der Waals surface area (Å²) in [6, 6.07) is 18.7. The minimum absolute atomic E-state index is 0.00453. The minimum Gasteiger partial charge on any atom is -0.504 e. The van der Waals surface area contributed by atoms with Crippen molar-refractivity contribution >= 4 is 21.7 Å². The highest BCUT2D eigenvalue weighted by molar-refractivity contribution is 9.10. The standard InChI is InChI=1S/C22H15BrO5/c23-15-8-4-7-14(9-15)22(13-5-2-1-3-6-13)11-26-16-10-17-20(28-12-27-17)19(24)18(16)21(22)25/h1-10,24H,11-12H2. The predicted octanol–water partition coefficient (Wildman–Crippen LogP) is 4.44. The first-order chi connectivity index (χ1) is 13.6. The second kappa shape index (κ2) is 6.27. The number of ether oxygens (including phenoxy) is 3. The van der Waals surface area contributed by atoms with Crippen molar-refractivity contribution in [2.75, 3.05) is 13.4 Å². The van der Waals surface area contributed by atoms with Crippen molar-refractivity contribution in [3.8, 4) is 23.0 Å². The molecule has 0 spiro atoms. The average Bonchev–Trinajstić information content (AvgIpc) is 3.18. The molecule has 0 aromatic heterocycles. The van der Waals surface area contributed by atoms with Crippen molar-refractivity contribution in [3.05, 3.63) is 81.8 Å². The van der Waals surface area contributed by atoms with Gasteiger partial charge in [0.1, 0.15) is 23.3 Å². The maximum atomic E-state index is 13.9. The summed E-state index contributed by atoms with van der Waals surface area (Å²) in [5.74, 6) is 0.361. The van der Waals surface area contributed by atoms with E-state index < -0.39 is 5.41 Å². The van der Waals surface area contributed by atoms with Crippen LogP contribution in [0.2, 0.25) is 0 Å². The summed E-state index contributed by atoms with van der Waals surface area (Å²) in [6.45, 7) is 0.105. The molecule has 28 heavy (non-hydrogen) atoms. The highest BCUT2D eigenvalue weighted by Gasteiger charge is 2.49. The fraction of sp³-hybridized carbons (Fsp3) is 0.136. The first-order valence-electron chi connectivity index (χ1n) is 8.76. The van der Waals surface area contributed by atoms with Gasteiger partial charge in [0.15, 0.2) is 17.3 Å². The molecule has 1 unspecified atom stereocenters. The van der Waals surface area contributed by atoms with Gasteiger partial charge in [-0.2, -0.15) is 0 Å². The SMILES string of the molecule is O=C1c2c(cc3c(c2O)OCO3)OCC1(c1ccccc1)c1cccc(Br)c1. The number of ketones is 1. The van der Waals surface area contributed by atoms with E-state index in [-0.39, 0.29) is 36.2 Å². The van der Waals surface area contributed by atoms with Gasteiger partial charge in [-0.15, -0.1) is 0 Å². The van der Waals surface area contributed by atoms with Crippen molar-refractivity contribution in [3.63, 3.8) is 0 Å². The number of rotatable bonds is 2. The molecular weight excluding hydrogens is 424 g/mol. The highest BCUT2D eigenvalue weighted by atomic mass is 79.9. The number of carbonyl (C=O) groups excluding carboxylic acids is 1. The van der Waals surface area contributed by atoms with Crippen LogP contribution in [0.25, 0.3) is 0 Å². The third-order valence-electron chi connectivity index (χ3n) is 5.24. The van der Waals surface area contributed by atoms with Crippen molar-refractivity contribution in [2.24, 2.45) is 0 Å². The summed E-state index contributed by atoms with van der Waals surface area (Å²) >= 11 is 3.49. The van der Waals surface area contributed by atoms with Gasteiger partial charge in [-0.05, 0) is 23.3 Å². The van der Waals surface area contributed by atoms with Gasteiger partial charge in [-0.25, -0.2) is 0 Å². The Balaban J connectivity index is 1.78. The summed E-state index contributed by atoms with van der Waals surface area (Å²) in [6.07, 6.45) is 0. The lowest BCUT2D eigenvalue weighted by atomic mass is 9.68. The van der Waals surface area contributed by atoms with Crippen molar-refractivity contribution in [2.45, 2.75) is 5.41 Å². The predicted molar refractivity (Wildman–Crippen MR) is 105 cm³/mol. The lowest BCUT2D eigenvalue weighted by Gasteiger charge is -2.37. The zero-order chi connectivity index (χ0) is 19.3.